The molecule has 0 heterocycles. The SMILES string of the molecule is CCOc1ccc(COCCOC)cc1. The average Bonchev–Trinajstić information content (AvgIpc) is 2.27. The highest BCUT2D eigenvalue weighted by atomic mass is 16.5. The van der Waals surface area contributed by atoms with E-state index >= 15 is 0 Å². The predicted octanol–water partition coefficient (Wildman–Crippen LogP) is 2.25. The third-order valence-corrected chi connectivity index (χ3v) is 1.93. The molecular formula is C12H18O3. The molecule has 0 atom stereocenters. The van der Waals surface area contributed by atoms with Crippen molar-refractivity contribution in [3.05, 3.63) is 29.8 Å². The van der Waals surface area contributed by atoms with Gasteiger partial charge < -0.3 is 14.2 Å². The van der Waals surface area contributed by atoms with Gasteiger partial charge in [-0.05, 0) is 24.6 Å². The van der Waals surface area contributed by atoms with Crippen molar-refractivity contribution in [1.29, 1.82) is 0 Å². The van der Waals surface area contributed by atoms with Gasteiger partial charge in [0.05, 0.1) is 26.4 Å². The summed E-state index contributed by atoms with van der Waals surface area (Å²) < 4.78 is 15.6. The molecule has 1 rings (SSSR count). The van der Waals surface area contributed by atoms with Crippen LogP contribution in [0.5, 0.6) is 5.75 Å². The van der Waals surface area contributed by atoms with Gasteiger partial charge >= 0.3 is 0 Å². The largest absolute Gasteiger partial charge is 0.494 e. The molecule has 0 aliphatic rings. The van der Waals surface area contributed by atoms with Crippen LogP contribution in [0.25, 0.3) is 0 Å². The maximum atomic E-state index is 5.39. The van der Waals surface area contributed by atoms with Gasteiger partial charge in [0, 0.05) is 7.11 Å². The Morgan fingerprint density at radius 3 is 2.40 bits per heavy atom. The van der Waals surface area contributed by atoms with E-state index in [2.05, 4.69) is 0 Å². The van der Waals surface area contributed by atoms with Crippen LogP contribution in [0.1, 0.15) is 12.5 Å². The van der Waals surface area contributed by atoms with Gasteiger partial charge in [0.1, 0.15) is 5.75 Å². The van der Waals surface area contributed by atoms with Crippen LogP contribution in [-0.2, 0) is 16.1 Å². The molecule has 3 heteroatoms. The van der Waals surface area contributed by atoms with E-state index in [0.717, 1.165) is 11.3 Å². The van der Waals surface area contributed by atoms with Crippen LogP contribution in [-0.4, -0.2) is 26.9 Å². The first-order valence-corrected chi connectivity index (χ1v) is 5.15. The molecule has 0 N–H and O–H groups in total. The number of ether oxygens (including phenoxy) is 3. The smallest absolute Gasteiger partial charge is 0.119 e. The first kappa shape index (κ1) is 12.0. The summed E-state index contributed by atoms with van der Waals surface area (Å²) in [6, 6.07) is 7.94. The monoisotopic (exact) mass is 210 g/mol. The molecular weight excluding hydrogens is 192 g/mol. The molecule has 15 heavy (non-hydrogen) atoms. The van der Waals surface area contributed by atoms with Crippen LogP contribution in [0.3, 0.4) is 0 Å². The summed E-state index contributed by atoms with van der Waals surface area (Å²) in [7, 11) is 1.67. The fourth-order valence-corrected chi connectivity index (χ4v) is 1.18. The lowest BCUT2D eigenvalue weighted by Crippen LogP contribution is -2.01. The van der Waals surface area contributed by atoms with E-state index in [1.165, 1.54) is 0 Å². The Kier molecular flexibility index (Phi) is 5.81. The molecule has 3 nitrogen and oxygen atoms in total. The summed E-state index contributed by atoms with van der Waals surface area (Å²) in [4.78, 5) is 0. The fraction of sp³-hybridized carbons (Fsp3) is 0.500. The molecule has 0 aromatic heterocycles. The lowest BCUT2D eigenvalue weighted by molar-refractivity contribution is 0.0616. The Labute approximate surface area is 91.0 Å². The van der Waals surface area contributed by atoms with Crippen molar-refractivity contribution < 1.29 is 14.2 Å². The van der Waals surface area contributed by atoms with Gasteiger partial charge in [0.25, 0.3) is 0 Å². The molecule has 0 saturated carbocycles. The quantitative estimate of drug-likeness (QED) is 0.646. The molecule has 1 aromatic rings. The van der Waals surface area contributed by atoms with Crippen molar-refractivity contribution in [2.45, 2.75) is 13.5 Å². The minimum absolute atomic E-state index is 0.621. The molecule has 0 aliphatic carbocycles. The number of hydrogen-bond acceptors (Lipinski definition) is 3. The second kappa shape index (κ2) is 7.26. The molecule has 0 fully saturated rings. The molecule has 0 bridgehead atoms. The van der Waals surface area contributed by atoms with Crippen molar-refractivity contribution in [3.8, 4) is 5.75 Å². The summed E-state index contributed by atoms with van der Waals surface area (Å²) >= 11 is 0. The first-order valence-electron chi connectivity index (χ1n) is 5.15. The number of rotatable bonds is 7. The zero-order chi connectivity index (χ0) is 10.9. The summed E-state index contributed by atoms with van der Waals surface area (Å²) in [5.74, 6) is 0.901. The second-order valence-corrected chi connectivity index (χ2v) is 3.12. The summed E-state index contributed by atoms with van der Waals surface area (Å²) in [5, 5.41) is 0. The zero-order valence-electron chi connectivity index (χ0n) is 9.36. The molecule has 0 radical (unpaired) electrons. The maximum absolute atomic E-state index is 5.39. The minimum Gasteiger partial charge on any atom is -0.494 e. The molecule has 1 aromatic carbocycles. The molecule has 0 saturated heterocycles. The third kappa shape index (κ3) is 4.81. The van der Waals surface area contributed by atoms with Crippen LogP contribution >= 0.6 is 0 Å². The molecule has 0 amide bonds. The highest BCUT2D eigenvalue weighted by Gasteiger charge is 1.95. The Morgan fingerprint density at radius 1 is 1.07 bits per heavy atom. The number of benzene rings is 1. The van der Waals surface area contributed by atoms with E-state index in [9.17, 15) is 0 Å². The predicted molar refractivity (Wildman–Crippen MR) is 59.1 cm³/mol. The van der Waals surface area contributed by atoms with E-state index in [1.54, 1.807) is 7.11 Å². The second-order valence-electron chi connectivity index (χ2n) is 3.12. The lowest BCUT2D eigenvalue weighted by atomic mass is 10.2. The van der Waals surface area contributed by atoms with E-state index in [0.29, 0.717) is 26.4 Å². The molecule has 0 unspecified atom stereocenters. The Morgan fingerprint density at radius 2 is 1.80 bits per heavy atom. The van der Waals surface area contributed by atoms with Gasteiger partial charge in [-0.25, -0.2) is 0 Å². The Bertz CT molecular complexity index is 256. The average molecular weight is 210 g/mol. The summed E-state index contributed by atoms with van der Waals surface area (Å²) in [6.45, 7) is 4.56. The van der Waals surface area contributed by atoms with Crippen molar-refractivity contribution >= 4 is 0 Å². The van der Waals surface area contributed by atoms with Crippen LogP contribution in [0.4, 0.5) is 0 Å². The maximum Gasteiger partial charge on any atom is 0.119 e. The van der Waals surface area contributed by atoms with Crippen LogP contribution < -0.4 is 4.74 Å². The lowest BCUT2D eigenvalue weighted by Gasteiger charge is -2.05. The highest BCUT2D eigenvalue weighted by Crippen LogP contribution is 2.12. The van der Waals surface area contributed by atoms with Crippen molar-refractivity contribution in [2.24, 2.45) is 0 Å². The third-order valence-electron chi connectivity index (χ3n) is 1.93. The topological polar surface area (TPSA) is 27.7 Å². The van der Waals surface area contributed by atoms with Gasteiger partial charge in [0.15, 0.2) is 0 Å². The van der Waals surface area contributed by atoms with Crippen LogP contribution in [0.2, 0.25) is 0 Å². The summed E-state index contributed by atoms with van der Waals surface area (Å²) in [5.41, 5.74) is 1.15. The fourth-order valence-electron chi connectivity index (χ4n) is 1.18. The Hall–Kier alpha value is -1.06. The van der Waals surface area contributed by atoms with Gasteiger partial charge in [-0.15, -0.1) is 0 Å². The zero-order valence-corrected chi connectivity index (χ0v) is 9.36. The van der Waals surface area contributed by atoms with E-state index in [1.807, 2.05) is 31.2 Å². The van der Waals surface area contributed by atoms with Crippen molar-refractivity contribution in [3.63, 3.8) is 0 Å². The van der Waals surface area contributed by atoms with Gasteiger partial charge in [-0.3, -0.25) is 0 Å². The van der Waals surface area contributed by atoms with E-state index in [4.69, 9.17) is 14.2 Å². The normalized spacial score (nSPS) is 10.3. The highest BCUT2D eigenvalue weighted by molar-refractivity contribution is 5.26. The minimum atomic E-state index is 0.621. The van der Waals surface area contributed by atoms with E-state index in [-0.39, 0.29) is 0 Å². The van der Waals surface area contributed by atoms with Crippen molar-refractivity contribution in [1.82, 2.24) is 0 Å². The van der Waals surface area contributed by atoms with Gasteiger partial charge in [-0.1, -0.05) is 12.1 Å². The van der Waals surface area contributed by atoms with Gasteiger partial charge in [-0.2, -0.15) is 0 Å². The number of hydrogen-bond donors (Lipinski definition) is 0. The Balaban J connectivity index is 2.29. The van der Waals surface area contributed by atoms with Gasteiger partial charge in [0.2, 0.25) is 0 Å². The first-order chi connectivity index (χ1) is 7.36. The number of methoxy groups -OCH3 is 1. The molecule has 0 aliphatic heterocycles. The summed E-state index contributed by atoms with van der Waals surface area (Å²) in [6.07, 6.45) is 0. The standard InChI is InChI=1S/C12H18O3/c1-3-15-12-6-4-11(5-7-12)10-14-9-8-13-2/h4-7H,3,8-10H2,1-2H3. The van der Waals surface area contributed by atoms with E-state index < -0.39 is 0 Å². The molecule has 0 spiro atoms. The van der Waals surface area contributed by atoms with Crippen molar-refractivity contribution in [2.75, 3.05) is 26.9 Å². The molecule has 84 valence electrons. The van der Waals surface area contributed by atoms with Crippen LogP contribution in [0.15, 0.2) is 24.3 Å². The van der Waals surface area contributed by atoms with Crippen LogP contribution in [0, 0.1) is 0 Å².